The monoisotopic (exact) mass is 225 g/mol. The zero-order valence-electron chi connectivity index (χ0n) is 10.0. The van der Waals surface area contributed by atoms with Crippen LogP contribution >= 0.6 is 0 Å². The van der Waals surface area contributed by atoms with Crippen molar-refractivity contribution in [1.29, 1.82) is 0 Å². The zero-order valence-corrected chi connectivity index (χ0v) is 10.0. The molecule has 1 atom stereocenters. The molecule has 0 saturated heterocycles. The molecular weight excluding hydrogens is 206 g/mol. The van der Waals surface area contributed by atoms with Crippen LogP contribution in [0.2, 0.25) is 0 Å². The van der Waals surface area contributed by atoms with Gasteiger partial charge in [0.2, 0.25) is 5.91 Å². The molecule has 5 nitrogen and oxygen atoms in total. The summed E-state index contributed by atoms with van der Waals surface area (Å²) in [6, 6.07) is 0. The highest BCUT2D eigenvalue weighted by molar-refractivity contribution is 5.78. The normalized spacial score (nSPS) is 12.5. The molecule has 5 heteroatoms. The average Bonchev–Trinajstić information content (AvgIpc) is 2.58. The van der Waals surface area contributed by atoms with Crippen molar-refractivity contribution in [3.8, 4) is 0 Å². The van der Waals surface area contributed by atoms with E-state index in [2.05, 4.69) is 10.5 Å². The van der Waals surface area contributed by atoms with Gasteiger partial charge in [-0.1, -0.05) is 12.1 Å². The second-order valence-electron chi connectivity index (χ2n) is 3.86. The largest absolute Gasteiger partial charge is 0.361 e. The van der Waals surface area contributed by atoms with Gasteiger partial charge in [0.15, 0.2) is 0 Å². The maximum atomic E-state index is 11.7. The molecule has 0 bridgehead atoms. The Morgan fingerprint density at radius 1 is 1.56 bits per heavy atom. The molecule has 0 aromatic carbocycles. The zero-order chi connectivity index (χ0) is 12.1. The van der Waals surface area contributed by atoms with Crippen LogP contribution in [0.1, 0.15) is 30.4 Å². The minimum Gasteiger partial charge on any atom is -0.361 e. The van der Waals surface area contributed by atoms with E-state index in [1.165, 1.54) is 0 Å². The predicted octanol–water partition coefficient (Wildman–Crippen LogP) is 0.893. The second kappa shape index (κ2) is 5.65. The van der Waals surface area contributed by atoms with Gasteiger partial charge >= 0.3 is 0 Å². The standard InChI is InChI=1S/C11H19N3O2/c1-4-9(5-12)11(15)13-6-10-7(2)14-16-8(10)3/h9H,4-6,12H2,1-3H3,(H,13,15). The van der Waals surface area contributed by atoms with Crippen molar-refractivity contribution in [2.24, 2.45) is 11.7 Å². The van der Waals surface area contributed by atoms with Crippen LogP contribution in [0.3, 0.4) is 0 Å². The average molecular weight is 225 g/mol. The van der Waals surface area contributed by atoms with Crippen LogP contribution in [0.4, 0.5) is 0 Å². The first kappa shape index (κ1) is 12.7. The number of nitrogens with one attached hydrogen (secondary N) is 1. The first-order chi connectivity index (χ1) is 7.60. The summed E-state index contributed by atoms with van der Waals surface area (Å²) in [5.74, 6) is 0.629. The van der Waals surface area contributed by atoms with Gasteiger partial charge in [-0.25, -0.2) is 0 Å². The molecule has 0 fully saturated rings. The molecule has 0 spiro atoms. The summed E-state index contributed by atoms with van der Waals surface area (Å²) in [5, 5.41) is 6.68. The van der Waals surface area contributed by atoms with Gasteiger partial charge in [0.05, 0.1) is 5.69 Å². The van der Waals surface area contributed by atoms with Crippen molar-refractivity contribution < 1.29 is 9.32 Å². The number of aromatic nitrogens is 1. The minimum absolute atomic E-state index is 0.00926. The fourth-order valence-corrected chi connectivity index (χ4v) is 1.53. The summed E-state index contributed by atoms with van der Waals surface area (Å²) in [7, 11) is 0. The highest BCUT2D eigenvalue weighted by Crippen LogP contribution is 2.11. The summed E-state index contributed by atoms with van der Waals surface area (Å²) in [6.07, 6.45) is 0.754. The van der Waals surface area contributed by atoms with Crippen LogP contribution in [0.15, 0.2) is 4.52 Å². The molecule has 0 radical (unpaired) electrons. The lowest BCUT2D eigenvalue weighted by molar-refractivity contribution is -0.124. The van der Waals surface area contributed by atoms with E-state index in [0.717, 1.165) is 23.4 Å². The van der Waals surface area contributed by atoms with Crippen molar-refractivity contribution in [3.05, 3.63) is 17.0 Å². The van der Waals surface area contributed by atoms with Gasteiger partial charge in [-0.05, 0) is 20.3 Å². The molecule has 1 aromatic heterocycles. The van der Waals surface area contributed by atoms with Gasteiger partial charge in [-0.2, -0.15) is 0 Å². The lowest BCUT2D eigenvalue weighted by Gasteiger charge is -2.12. The van der Waals surface area contributed by atoms with Crippen LogP contribution in [-0.2, 0) is 11.3 Å². The van der Waals surface area contributed by atoms with Gasteiger partial charge in [-0.3, -0.25) is 4.79 Å². The molecule has 1 unspecified atom stereocenters. The Labute approximate surface area is 95.4 Å². The number of rotatable bonds is 5. The Bertz CT molecular complexity index is 337. The van der Waals surface area contributed by atoms with Crippen molar-refractivity contribution in [1.82, 2.24) is 10.5 Å². The van der Waals surface area contributed by atoms with Gasteiger partial charge in [-0.15, -0.1) is 0 Å². The van der Waals surface area contributed by atoms with Crippen LogP contribution in [0.5, 0.6) is 0 Å². The summed E-state index contributed by atoms with van der Waals surface area (Å²) in [5.41, 5.74) is 7.26. The third-order valence-electron chi connectivity index (χ3n) is 2.77. The number of aryl methyl sites for hydroxylation is 2. The molecule has 0 aliphatic carbocycles. The lowest BCUT2D eigenvalue weighted by atomic mass is 10.1. The van der Waals surface area contributed by atoms with Crippen molar-refractivity contribution in [2.45, 2.75) is 33.7 Å². The number of amides is 1. The molecule has 16 heavy (non-hydrogen) atoms. The van der Waals surface area contributed by atoms with E-state index in [1.807, 2.05) is 20.8 Å². The minimum atomic E-state index is -0.111. The fraction of sp³-hybridized carbons (Fsp3) is 0.636. The molecule has 3 N–H and O–H groups in total. The first-order valence-corrected chi connectivity index (χ1v) is 5.49. The highest BCUT2D eigenvalue weighted by atomic mass is 16.5. The van der Waals surface area contributed by atoms with E-state index < -0.39 is 0 Å². The molecule has 0 aliphatic rings. The summed E-state index contributed by atoms with van der Waals surface area (Å²) >= 11 is 0. The van der Waals surface area contributed by atoms with E-state index in [0.29, 0.717) is 13.1 Å². The lowest BCUT2D eigenvalue weighted by Crippen LogP contribution is -2.34. The highest BCUT2D eigenvalue weighted by Gasteiger charge is 2.15. The Morgan fingerprint density at radius 2 is 2.25 bits per heavy atom. The van der Waals surface area contributed by atoms with E-state index in [9.17, 15) is 4.79 Å². The molecule has 1 heterocycles. The molecular formula is C11H19N3O2. The predicted molar refractivity (Wildman–Crippen MR) is 60.7 cm³/mol. The number of nitrogens with two attached hydrogens (primary N) is 1. The number of carbonyl (C=O) groups is 1. The number of nitrogens with zero attached hydrogens (tertiary/aromatic N) is 1. The summed E-state index contributed by atoms with van der Waals surface area (Å²) < 4.78 is 5.01. The van der Waals surface area contributed by atoms with Crippen molar-refractivity contribution >= 4 is 5.91 Å². The Balaban J connectivity index is 2.55. The van der Waals surface area contributed by atoms with Gasteiger partial charge < -0.3 is 15.6 Å². The maximum absolute atomic E-state index is 11.7. The van der Waals surface area contributed by atoms with Gasteiger partial charge in [0, 0.05) is 24.6 Å². The fourth-order valence-electron chi connectivity index (χ4n) is 1.53. The molecule has 1 aromatic rings. The number of hydrogen-bond donors (Lipinski definition) is 2. The van der Waals surface area contributed by atoms with Crippen molar-refractivity contribution in [3.63, 3.8) is 0 Å². The number of carbonyl (C=O) groups excluding carboxylic acids is 1. The third-order valence-corrected chi connectivity index (χ3v) is 2.77. The molecule has 0 saturated carbocycles. The first-order valence-electron chi connectivity index (χ1n) is 5.49. The Hall–Kier alpha value is -1.36. The van der Waals surface area contributed by atoms with Crippen LogP contribution in [-0.4, -0.2) is 17.6 Å². The van der Waals surface area contributed by atoms with E-state index in [1.54, 1.807) is 0 Å². The Morgan fingerprint density at radius 3 is 2.69 bits per heavy atom. The molecule has 90 valence electrons. The number of hydrogen-bond acceptors (Lipinski definition) is 4. The van der Waals surface area contributed by atoms with Crippen LogP contribution in [0, 0.1) is 19.8 Å². The quantitative estimate of drug-likeness (QED) is 0.779. The SMILES string of the molecule is CCC(CN)C(=O)NCc1c(C)noc1C. The van der Waals surface area contributed by atoms with Gasteiger partial charge in [0.25, 0.3) is 0 Å². The van der Waals surface area contributed by atoms with Gasteiger partial charge in [0.1, 0.15) is 5.76 Å². The van der Waals surface area contributed by atoms with E-state index in [4.69, 9.17) is 10.3 Å². The summed E-state index contributed by atoms with van der Waals surface area (Å²) in [4.78, 5) is 11.7. The maximum Gasteiger partial charge on any atom is 0.224 e. The molecule has 1 rings (SSSR count). The van der Waals surface area contributed by atoms with E-state index >= 15 is 0 Å². The van der Waals surface area contributed by atoms with Crippen LogP contribution < -0.4 is 11.1 Å². The van der Waals surface area contributed by atoms with Crippen molar-refractivity contribution in [2.75, 3.05) is 6.54 Å². The third kappa shape index (κ3) is 2.82. The summed E-state index contributed by atoms with van der Waals surface area (Å²) in [6.45, 7) is 6.48. The smallest absolute Gasteiger partial charge is 0.224 e. The van der Waals surface area contributed by atoms with Crippen LogP contribution in [0.25, 0.3) is 0 Å². The molecule has 1 amide bonds. The Kier molecular flexibility index (Phi) is 4.49. The second-order valence-corrected chi connectivity index (χ2v) is 3.86. The molecule has 0 aliphatic heterocycles. The van der Waals surface area contributed by atoms with E-state index in [-0.39, 0.29) is 11.8 Å². The topological polar surface area (TPSA) is 81.2 Å².